The highest BCUT2D eigenvalue weighted by molar-refractivity contribution is 7.93. The largest absolute Gasteiger partial charge is 0.448 e. The number of nitrogens with zero attached hydrogens (tertiary/aromatic N) is 3. The minimum absolute atomic E-state index is 0.0382. The molecule has 0 spiro atoms. The van der Waals surface area contributed by atoms with Crippen molar-refractivity contribution in [3.63, 3.8) is 0 Å². The van der Waals surface area contributed by atoms with Crippen LogP contribution < -0.4 is 10.6 Å². The molecular weight excluding hydrogens is 462 g/mol. The summed E-state index contributed by atoms with van der Waals surface area (Å²) < 4.78 is 21.2. The van der Waals surface area contributed by atoms with Gasteiger partial charge in [0.05, 0.1) is 22.9 Å². The monoisotopic (exact) mass is 489 g/mol. The number of carbonyl (C=O) groups excluding carboxylic acids is 1. The molecule has 11 heteroatoms. The number of hydrogen-bond acceptors (Lipinski definition) is 9. The van der Waals surface area contributed by atoms with Gasteiger partial charge in [-0.15, -0.1) is 15.7 Å². The van der Waals surface area contributed by atoms with Crippen molar-refractivity contribution >= 4 is 44.6 Å². The van der Waals surface area contributed by atoms with Gasteiger partial charge in [0.15, 0.2) is 0 Å². The van der Waals surface area contributed by atoms with Crippen LogP contribution in [0.2, 0.25) is 0 Å². The van der Waals surface area contributed by atoms with E-state index in [2.05, 4.69) is 31.0 Å². The first kappa shape index (κ1) is 24.6. The van der Waals surface area contributed by atoms with Gasteiger partial charge in [-0.25, -0.2) is 14.0 Å². The van der Waals surface area contributed by atoms with Crippen LogP contribution in [0.5, 0.6) is 0 Å². The third kappa shape index (κ3) is 6.50. The molecule has 3 N–H and O–H groups in total. The Labute approximate surface area is 197 Å². The van der Waals surface area contributed by atoms with Crippen LogP contribution in [-0.4, -0.2) is 50.9 Å². The summed E-state index contributed by atoms with van der Waals surface area (Å²) >= 11 is 1.64. The first-order chi connectivity index (χ1) is 15.7. The molecule has 0 bridgehead atoms. The van der Waals surface area contributed by atoms with Crippen LogP contribution in [0.15, 0.2) is 51.2 Å². The third-order valence-electron chi connectivity index (χ3n) is 4.55. The molecule has 176 valence electrons. The SMILES string of the molecule is CCOC(=O)N=S(C)(=O)c1ccc(Nc2ncc(-c3csc(C)c3)c(N[C@H](C)CO)n2)cc1. The minimum atomic E-state index is -2.92. The van der Waals surface area contributed by atoms with Crippen LogP contribution in [0, 0.1) is 6.92 Å². The molecule has 9 nitrogen and oxygen atoms in total. The molecule has 2 heterocycles. The number of aryl methyl sites for hydroxylation is 1. The van der Waals surface area contributed by atoms with E-state index in [0.717, 1.165) is 11.1 Å². The van der Waals surface area contributed by atoms with Crippen LogP contribution in [0.3, 0.4) is 0 Å². The number of aromatic nitrogens is 2. The summed E-state index contributed by atoms with van der Waals surface area (Å²) in [4.78, 5) is 22.2. The Hall–Kier alpha value is -3.02. The van der Waals surface area contributed by atoms with E-state index in [1.54, 1.807) is 48.7 Å². The van der Waals surface area contributed by atoms with Crippen LogP contribution >= 0.6 is 11.3 Å². The molecule has 3 rings (SSSR count). The van der Waals surface area contributed by atoms with Crippen molar-refractivity contribution in [3.05, 3.63) is 46.8 Å². The van der Waals surface area contributed by atoms with Gasteiger partial charge in [-0.1, -0.05) is 0 Å². The number of benzene rings is 1. The van der Waals surface area contributed by atoms with E-state index in [1.807, 2.05) is 19.2 Å². The Bertz CT molecular complexity index is 1230. The Morgan fingerprint density at radius 3 is 2.67 bits per heavy atom. The lowest BCUT2D eigenvalue weighted by molar-refractivity contribution is 0.164. The van der Waals surface area contributed by atoms with Gasteiger partial charge in [-0.2, -0.15) is 4.98 Å². The van der Waals surface area contributed by atoms with Crippen molar-refractivity contribution in [3.8, 4) is 11.1 Å². The summed E-state index contributed by atoms with van der Waals surface area (Å²) in [7, 11) is -2.92. The van der Waals surface area contributed by atoms with E-state index in [0.29, 0.717) is 22.3 Å². The van der Waals surface area contributed by atoms with Crippen LogP contribution in [0.25, 0.3) is 11.1 Å². The highest BCUT2D eigenvalue weighted by atomic mass is 32.2. The fourth-order valence-electron chi connectivity index (χ4n) is 2.89. The molecule has 0 fully saturated rings. The topological polar surface area (TPSA) is 126 Å². The summed E-state index contributed by atoms with van der Waals surface area (Å²) in [5, 5.41) is 17.8. The number of carbonyl (C=O) groups is 1. The van der Waals surface area contributed by atoms with Crippen molar-refractivity contribution in [2.75, 3.05) is 30.1 Å². The molecule has 0 saturated heterocycles. The summed E-state index contributed by atoms with van der Waals surface area (Å²) in [6.07, 6.45) is 2.27. The van der Waals surface area contributed by atoms with Crippen LogP contribution in [-0.2, 0) is 14.5 Å². The zero-order chi connectivity index (χ0) is 24.0. The summed E-state index contributed by atoms with van der Waals surface area (Å²) in [6.45, 7) is 5.68. The summed E-state index contributed by atoms with van der Waals surface area (Å²) in [6, 6.07) is 8.55. The average molecular weight is 490 g/mol. The van der Waals surface area contributed by atoms with Gasteiger partial charge in [0.2, 0.25) is 5.95 Å². The number of anilines is 3. The number of ether oxygens (including phenoxy) is 1. The van der Waals surface area contributed by atoms with Crippen molar-refractivity contribution < 1.29 is 18.8 Å². The van der Waals surface area contributed by atoms with E-state index in [-0.39, 0.29) is 19.3 Å². The lowest BCUT2D eigenvalue weighted by atomic mass is 10.1. The predicted octanol–water partition coefficient (Wildman–Crippen LogP) is 4.66. The molecule has 2 aromatic heterocycles. The van der Waals surface area contributed by atoms with Gasteiger partial charge in [0, 0.05) is 39.5 Å². The lowest BCUT2D eigenvalue weighted by Crippen LogP contribution is -2.21. The van der Waals surface area contributed by atoms with Crippen LogP contribution in [0.1, 0.15) is 18.7 Å². The lowest BCUT2D eigenvalue weighted by Gasteiger charge is -2.16. The van der Waals surface area contributed by atoms with Crippen molar-refractivity contribution in [2.24, 2.45) is 4.36 Å². The number of amides is 1. The Morgan fingerprint density at radius 1 is 1.33 bits per heavy atom. The van der Waals surface area contributed by atoms with E-state index in [1.165, 1.54) is 11.1 Å². The van der Waals surface area contributed by atoms with Gasteiger partial charge in [-0.3, -0.25) is 0 Å². The zero-order valence-corrected chi connectivity index (χ0v) is 20.5. The summed E-state index contributed by atoms with van der Waals surface area (Å²) in [5.74, 6) is 0.966. The number of aliphatic hydroxyl groups is 1. The fourth-order valence-corrected chi connectivity index (χ4v) is 4.68. The minimum Gasteiger partial charge on any atom is -0.448 e. The van der Waals surface area contributed by atoms with Crippen molar-refractivity contribution in [1.82, 2.24) is 9.97 Å². The molecule has 0 aliphatic rings. The number of rotatable bonds is 8. The molecule has 1 amide bonds. The smallest absolute Gasteiger partial charge is 0.442 e. The van der Waals surface area contributed by atoms with E-state index < -0.39 is 15.8 Å². The second-order valence-electron chi connectivity index (χ2n) is 7.37. The molecule has 0 saturated carbocycles. The average Bonchev–Trinajstić information content (AvgIpc) is 3.20. The predicted molar refractivity (Wildman–Crippen MR) is 132 cm³/mol. The highest BCUT2D eigenvalue weighted by Gasteiger charge is 2.14. The number of hydrogen-bond donors (Lipinski definition) is 3. The standard InChI is InChI=1S/C22H27N5O4S2/c1-5-31-22(29)27-33(4,30)18-8-6-17(7-9-18)25-21-23-11-19(16-10-15(3)32-13-16)20(26-21)24-14(2)12-28/h6-11,13-14,28H,5,12H2,1-4H3,(H2,23,24,25,26)/t14-,33?/m1/s1. The Balaban J connectivity index is 1.85. The molecule has 1 aromatic carbocycles. The van der Waals surface area contributed by atoms with Gasteiger partial charge in [0.1, 0.15) is 5.82 Å². The first-order valence-corrected chi connectivity index (χ1v) is 13.1. The maximum atomic E-state index is 12.8. The number of nitrogens with one attached hydrogen (secondary N) is 2. The second kappa shape index (κ2) is 10.7. The first-order valence-electron chi connectivity index (χ1n) is 10.3. The second-order valence-corrected chi connectivity index (χ2v) is 10.7. The Kier molecular flexibility index (Phi) is 8.01. The van der Waals surface area contributed by atoms with Gasteiger partial charge >= 0.3 is 6.09 Å². The number of thiophene rings is 1. The molecule has 0 aliphatic heterocycles. The van der Waals surface area contributed by atoms with E-state index >= 15 is 0 Å². The molecular formula is C22H27N5O4S2. The maximum absolute atomic E-state index is 12.8. The van der Waals surface area contributed by atoms with Crippen LogP contribution in [0.4, 0.5) is 22.2 Å². The highest BCUT2D eigenvalue weighted by Crippen LogP contribution is 2.31. The quantitative estimate of drug-likeness (QED) is 0.417. The molecule has 33 heavy (non-hydrogen) atoms. The maximum Gasteiger partial charge on any atom is 0.442 e. The fraction of sp³-hybridized carbons (Fsp3) is 0.318. The zero-order valence-electron chi connectivity index (χ0n) is 18.9. The molecule has 0 aliphatic carbocycles. The normalized spacial score (nSPS) is 13.6. The van der Waals surface area contributed by atoms with Crippen molar-refractivity contribution in [2.45, 2.75) is 31.7 Å². The molecule has 1 unspecified atom stereocenters. The van der Waals surface area contributed by atoms with E-state index in [4.69, 9.17) is 4.74 Å². The molecule has 3 aromatic rings. The summed E-state index contributed by atoms with van der Waals surface area (Å²) in [5.41, 5.74) is 2.52. The van der Waals surface area contributed by atoms with E-state index in [9.17, 15) is 14.1 Å². The van der Waals surface area contributed by atoms with Gasteiger partial charge in [-0.05, 0) is 62.0 Å². The number of aliphatic hydroxyl groups excluding tert-OH is 1. The molecule has 2 atom stereocenters. The molecule has 0 radical (unpaired) electrons. The Morgan fingerprint density at radius 2 is 2.06 bits per heavy atom. The van der Waals surface area contributed by atoms with Crippen molar-refractivity contribution in [1.29, 1.82) is 0 Å². The van der Waals surface area contributed by atoms with Gasteiger partial charge in [0.25, 0.3) is 0 Å². The van der Waals surface area contributed by atoms with Gasteiger partial charge < -0.3 is 20.5 Å². The third-order valence-corrected chi connectivity index (χ3v) is 7.06.